The monoisotopic (exact) mass is 377 g/mol. The van der Waals surface area contributed by atoms with Crippen molar-refractivity contribution in [3.8, 4) is 22.9 Å². The lowest BCUT2D eigenvalue weighted by Gasteiger charge is -2.31. The summed E-state index contributed by atoms with van der Waals surface area (Å²) < 4.78 is 13.5. The molecular formula is C20H19N5O3. The van der Waals surface area contributed by atoms with Crippen LogP contribution in [0.25, 0.3) is 11.4 Å². The van der Waals surface area contributed by atoms with Crippen LogP contribution in [0.2, 0.25) is 0 Å². The van der Waals surface area contributed by atoms with Gasteiger partial charge in [0.05, 0.1) is 6.04 Å². The molecule has 1 saturated carbocycles. The van der Waals surface area contributed by atoms with Gasteiger partial charge in [-0.3, -0.25) is 4.79 Å². The smallest absolute Gasteiger partial charge is 0.269 e. The van der Waals surface area contributed by atoms with E-state index in [-0.39, 0.29) is 5.91 Å². The molecule has 1 amide bonds. The number of carbonyl (C=O) groups is 1. The fourth-order valence-electron chi connectivity index (χ4n) is 3.27. The zero-order chi connectivity index (χ0) is 19.1. The van der Waals surface area contributed by atoms with Gasteiger partial charge in [-0.1, -0.05) is 12.1 Å². The standard InChI is InChI=1S/C20H19N5O3/c1-12-18(28-17-5-3-2-4-16(17)27-12)20(26)21-14-8-6-13(7-9-14)19-22-23-24-25(19)15-10-11-15/h2-9,12,15,18H,10-11H2,1H3,(H,21,26). The first-order valence-electron chi connectivity index (χ1n) is 9.30. The molecule has 0 saturated heterocycles. The summed E-state index contributed by atoms with van der Waals surface area (Å²) >= 11 is 0. The number of para-hydroxylation sites is 2. The maximum absolute atomic E-state index is 12.7. The number of carbonyl (C=O) groups excluding carboxylic acids is 1. The number of hydrogen-bond acceptors (Lipinski definition) is 6. The number of amides is 1. The molecule has 1 aromatic heterocycles. The van der Waals surface area contributed by atoms with Crippen molar-refractivity contribution in [1.82, 2.24) is 20.2 Å². The molecule has 142 valence electrons. The number of tetrazole rings is 1. The Hall–Kier alpha value is -3.42. The lowest BCUT2D eigenvalue weighted by molar-refractivity contribution is -0.128. The zero-order valence-corrected chi connectivity index (χ0v) is 15.3. The number of nitrogens with one attached hydrogen (secondary N) is 1. The molecule has 0 spiro atoms. The van der Waals surface area contributed by atoms with Crippen LogP contribution in [0.4, 0.5) is 5.69 Å². The van der Waals surface area contributed by atoms with Crippen LogP contribution in [0.3, 0.4) is 0 Å². The van der Waals surface area contributed by atoms with Crippen molar-refractivity contribution >= 4 is 11.6 Å². The maximum atomic E-state index is 12.7. The number of anilines is 1. The quantitative estimate of drug-likeness (QED) is 0.752. The Balaban J connectivity index is 1.30. The highest BCUT2D eigenvalue weighted by Crippen LogP contribution is 2.37. The van der Waals surface area contributed by atoms with Gasteiger partial charge in [-0.2, -0.15) is 0 Å². The number of rotatable bonds is 4. The maximum Gasteiger partial charge on any atom is 0.269 e. The molecule has 3 aromatic rings. The topological polar surface area (TPSA) is 91.2 Å². The third kappa shape index (κ3) is 3.06. The summed E-state index contributed by atoms with van der Waals surface area (Å²) in [6.45, 7) is 1.82. The third-order valence-electron chi connectivity index (χ3n) is 4.90. The first-order valence-corrected chi connectivity index (χ1v) is 9.30. The van der Waals surface area contributed by atoms with E-state index in [1.807, 2.05) is 54.1 Å². The highest BCUT2D eigenvalue weighted by Gasteiger charge is 2.34. The van der Waals surface area contributed by atoms with Gasteiger partial charge in [-0.15, -0.1) is 5.10 Å². The molecule has 2 heterocycles. The lowest BCUT2D eigenvalue weighted by Crippen LogP contribution is -2.46. The average Bonchev–Trinajstić information content (AvgIpc) is 3.44. The third-order valence-corrected chi connectivity index (χ3v) is 4.90. The molecule has 0 bridgehead atoms. The number of hydrogen-bond donors (Lipinski definition) is 1. The Kier molecular flexibility index (Phi) is 3.96. The van der Waals surface area contributed by atoms with E-state index in [0.717, 1.165) is 24.2 Å². The summed E-state index contributed by atoms with van der Waals surface area (Å²) in [6.07, 6.45) is 1.10. The van der Waals surface area contributed by atoms with Gasteiger partial charge in [0.15, 0.2) is 17.3 Å². The van der Waals surface area contributed by atoms with E-state index in [2.05, 4.69) is 20.8 Å². The number of benzene rings is 2. The molecule has 28 heavy (non-hydrogen) atoms. The van der Waals surface area contributed by atoms with Gasteiger partial charge in [0.25, 0.3) is 5.91 Å². The Labute approximate surface area is 161 Å². The molecule has 1 fully saturated rings. The van der Waals surface area contributed by atoms with E-state index in [1.54, 1.807) is 6.07 Å². The van der Waals surface area contributed by atoms with Crippen molar-refractivity contribution in [3.63, 3.8) is 0 Å². The summed E-state index contributed by atoms with van der Waals surface area (Å²) in [6, 6.07) is 15.2. The van der Waals surface area contributed by atoms with Crippen molar-refractivity contribution in [2.75, 3.05) is 5.32 Å². The predicted molar refractivity (Wildman–Crippen MR) is 101 cm³/mol. The van der Waals surface area contributed by atoms with E-state index in [9.17, 15) is 4.79 Å². The number of aromatic nitrogens is 4. The molecule has 2 unspecified atom stereocenters. The second-order valence-corrected chi connectivity index (χ2v) is 7.05. The van der Waals surface area contributed by atoms with Gasteiger partial charge < -0.3 is 14.8 Å². The fraction of sp³-hybridized carbons (Fsp3) is 0.300. The fourth-order valence-corrected chi connectivity index (χ4v) is 3.27. The van der Waals surface area contributed by atoms with Crippen LogP contribution < -0.4 is 14.8 Å². The SMILES string of the molecule is CC1Oc2ccccc2OC1C(=O)Nc1ccc(-c2nnnn2C2CC2)cc1. The Bertz CT molecular complexity index is 1010. The van der Waals surface area contributed by atoms with E-state index >= 15 is 0 Å². The van der Waals surface area contributed by atoms with Crippen LogP contribution in [0, 0.1) is 0 Å². The molecule has 2 atom stereocenters. The van der Waals surface area contributed by atoms with E-state index in [4.69, 9.17) is 9.47 Å². The molecule has 5 rings (SSSR count). The summed E-state index contributed by atoms with van der Waals surface area (Å²) in [5.74, 6) is 1.71. The molecule has 1 N–H and O–H groups in total. The first kappa shape index (κ1) is 16.7. The lowest BCUT2D eigenvalue weighted by atomic mass is 10.1. The van der Waals surface area contributed by atoms with Crippen LogP contribution in [0.1, 0.15) is 25.8 Å². The van der Waals surface area contributed by atoms with Crippen LogP contribution in [-0.2, 0) is 4.79 Å². The van der Waals surface area contributed by atoms with Crippen LogP contribution in [-0.4, -0.2) is 38.3 Å². The summed E-state index contributed by atoms with van der Waals surface area (Å²) in [4.78, 5) is 12.7. The van der Waals surface area contributed by atoms with Crippen molar-refractivity contribution in [2.24, 2.45) is 0 Å². The minimum Gasteiger partial charge on any atom is -0.482 e. The first-order chi connectivity index (χ1) is 13.7. The molecule has 8 heteroatoms. The predicted octanol–water partition coefficient (Wildman–Crippen LogP) is 2.84. The number of nitrogens with zero attached hydrogens (tertiary/aromatic N) is 4. The van der Waals surface area contributed by atoms with Gasteiger partial charge in [0.1, 0.15) is 6.10 Å². The Morgan fingerprint density at radius 3 is 2.50 bits per heavy atom. The summed E-state index contributed by atoms with van der Waals surface area (Å²) in [7, 11) is 0. The second-order valence-electron chi connectivity index (χ2n) is 7.05. The van der Waals surface area contributed by atoms with Gasteiger partial charge in [0, 0.05) is 11.3 Å². The van der Waals surface area contributed by atoms with Crippen LogP contribution in [0.5, 0.6) is 11.5 Å². The van der Waals surface area contributed by atoms with Crippen LogP contribution >= 0.6 is 0 Å². The summed E-state index contributed by atoms with van der Waals surface area (Å²) in [5.41, 5.74) is 1.59. The van der Waals surface area contributed by atoms with Crippen molar-refractivity contribution in [1.29, 1.82) is 0 Å². The van der Waals surface area contributed by atoms with Crippen LogP contribution in [0.15, 0.2) is 48.5 Å². The van der Waals surface area contributed by atoms with Gasteiger partial charge in [-0.05, 0) is 66.6 Å². The van der Waals surface area contributed by atoms with Crippen molar-refractivity contribution in [2.45, 2.75) is 38.0 Å². The summed E-state index contributed by atoms with van der Waals surface area (Å²) in [5, 5.41) is 14.9. The minimum atomic E-state index is -0.725. The van der Waals surface area contributed by atoms with Crippen molar-refractivity contribution < 1.29 is 14.3 Å². The van der Waals surface area contributed by atoms with Crippen molar-refractivity contribution in [3.05, 3.63) is 48.5 Å². The minimum absolute atomic E-state index is 0.252. The molecule has 2 aliphatic rings. The highest BCUT2D eigenvalue weighted by atomic mass is 16.6. The normalized spacial score (nSPS) is 20.6. The average molecular weight is 377 g/mol. The van der Waals surface area contributed by atoms with E-state index in [0.29, 0.717) is 23.2 Å². The van der Waals surface area contributed by atoms with E-state index in [1.165, 1.54) is 0 Å². The highest BCUT2D eigenvalue weighted by molar-refractivity contribution is 5.95. The molecular weight excluding hydrogens is 358 g/mol. The zero-order valence-electron chi connectivity index (χ0n) is 15.3. The van der Waals surface area contributed by atoms with Gasteiger partial charge in [-0.25, -0.2) is 4.68 Å². The largest absolute Gasteiger partial charge is 0.482 e. The van der Waals surface area contributed by atoms with E-state index < -0.39 is 12.2 Å². The second kappa shape index (κ2) is 6.63. The Morgan fingerprint density at radius 2 is 1.79 bits per heavy atom. The number of fused-ring (bicyclic) bond motifs is 1. The molecule has 8 nitrogen and oxygen atoms in total. The Morgan fingerprint density at radius 1 is 1.07 bits per heavy atom. The van der Waals surface area contributed by atoms with Gasteiger partial charge in [0.2, 0.25) is 6.10 Å². The molecule has 1 aliphatic heterocycles. The number of ether oxygens (including phenoxy) is 2. The van der Waals surface area contributed by atoms with Gasteiger partial charge >= 0.3 is 0 Å². The molecule has 2 aromatic carbocycles. The molecule has 1 aliphatic carbocycles. The molecule has 0 radical (unpaired) electrons.